The number of hydrogen-bond donors (Lipinski definition) is 2. The van der Waals surface area contributed by atoms with Gasteiger partial charge in [0.25, 0.3) is 5.56 Å². The first-order valence-electron chi connectivity index (χ1n) is 17.9. The van der Waals surface area contributed by atoms with Crippen LogP contribution >= 0.6 is 0 Å². The standard InChI is InChI=1S/C38H54N4O5/c1-3-5-7-9-11-15-23-46-25-17-21-41-37-31-32(38(45)42(37)22-18-26-47-24-16-12-10-8-6-4-2)34(40)30-29(33(31)39)35(43)27-19-13-14-20-28(27)36(30)44/h13-14,19-20H,3-12,15-18,21-26,39-40H2,1-2H3/b41-37-. The van der Waals surface area contributed by atoms with E-state index < -0.39 is 5.43 Å². The maximum absolute atomic E-state index is 13.9. The Morgan fingerprint density at radius 3 is 1.62 bits per heavy atom. The number of benzene rings is 3. The number of nitrogens with two attached hydrogens (primary N) is 2. The van der Waals surface area contributed by atoms with Crippen LogP contribution in [0.4, 0.5) is 11.4 Å². The molecule has 0 aliphatic carbocycles. The molecule has 0 amide bonds. The Morgan fingerprint density at radius 1 is 0.596 bits per heavy atom. The van der Waals surface area contributed by atoms with E-state index in [1.54, 1.807) is 28.8 Å². The molecule has 9 heteroatoms. The van der Waals surface area contributed by atoms with Crippen molar-refractivity contribution in [3.63, 3.8) is 0 Å². The van der Waals surface area contributed by atoms with Gasteiger partial charge in [-0.1, -0.05) is 102 Å². The zero-order chi connectivity index (χ0) is 33.6. The molecule has 256 valence electrons. The second kappa shape index (κ2) is 18.7. The molecular formula is C38H54N4O5. The number of unbranched alkanes of at least 4 members (excludes halogenated alkanes) is 10. The average Bonchev–Trinajstić information content (AvgIpc) is 3.36. The van der Waals surface area contributed by atoms with E-state index in [2.05, 4.69) is 13.8 Å². The highest BCUT2D eigenvalue weighted by molar-refractivity contribution is 6.20. The zero-order valence-electron chi connectivity index (χ0n) is 28.5. The van der Waals surface area contributed by atoms with Gasteiger partial charge in [-0.3, -0.25) is 23.9 Å². The maximum atomic E-state index is 13.9. The normalized spacial score (nSPS) is 12.3. The first kappa shape index (κ1) is 36.3. The molecule has 0 saturated heterocycles. The van der Waals surface area contributed by atoms with Crippen LogP contribution in [-0.2, 0) is 16.0 Å². The first-order chi connectivity index (χ1) is 22.9. The Balaban J connectivity index is 1.58. The fourth-order valence-corrected chi connectivity index (χ4v) is 6.45. The van der Waals surface area contributed by atoms with E-state index in [0.29, 0.717) is 56.6 Å². The van der Waals surface area contributed by atoms with Crippen LogP contribution in [-0.4, -0.2) is 37.5 Å². The van der Waals surface area contributed by atoms with Crippen molar-refractivity contribution in [3.05, 3.63) is 60.6 Å². The van der Waals surface area contributed by atoms with Gasteiger partial charge in [0.05, 0.1) is 32.9 Å². The van der Waals surface area contributed by atoms with Crippen molar-refractivity contribution in [3.8, 4) is 0 Å². The lowest BCUT2D eigenvalue weighted by molar-refractivity contribution is 0.124. The topological polar surface area (TPSA) is 139 Å². The van der Waals surface area contributed by atoms with Gasteiger partial charge in [0.2, 0.25) is 0 Å². The van der Waals surface area contributed by atoms with E-state index in [1.807, 2.05) is 0 Å². The summed E-state index contributed by atoms with van der Waals surface area (Å²) in [7, 11) is 0. The molecule has 1 heterocycles. The Hall–Kier alpha value is -3.56. The van der Waals surface area contributed by atoms with Gasteiger partial charge in [-0.25, -0.2) is 0 Å². The number of nitrogens with zero attached hydrogens (tertiary/aromatic N) is 2. The Labute approximate surface area is 277 Å². The van der Waals surface area contributed by atoms with Gasteiger partial charge >= 0.3 is 0 Å². The molecule has 0 unspecified atom stereocenters. The lowest BCUT2D eigenvalue weighted by Crippen LogP contribution is -2.28. The summed E-state index contributed by atoms with van der Waals surface area (Å²) in [6, 6.07) is 6.63. The largest absolute Gasteiger partial charge is 0.397 e. The van der Waals surface area contributed by atoms with E-state index in [4.69, 9.17) is 25.9 Å². The third-order valence-electron chi connectivity index (χ3n) is 9.05. The monoisotopic (exact) mass is 646 g/mol. The minimum atomic E-state index is -0.405. The summed E-state index contributed by atoms with van der Waals surface area (Å²) in [6.45, 7) is 7.67. The molecule has 9 nitrogen and oxygen atoms in total. The molecule has 4 rings (SSSR count). The summed E-state index contributed by atoms with van der Waals surface area (Å²) in [6.07, 6.45) is 15.7. The van der Waals surface area contributed by atoms with Gasteiger partial charge in [-0.2, -0.15) is 0 Å². The van der Waals surface area contributed by atoms with Crippen LogP contribution in [0.5, 0.6) is 0 Å². The van der Waals surface area contributed by atoms with E-state index in [0.717, 1.165) is 25.9 Å². The smallest absolute Gasteiger partial charge is 0.262 e. The summed E-state index contributed by atoms with van der Waals surface area (Å²) < 4.78 is 13.3. The van der Waals surface area contributed by atoms with Crippen molar-refractivity contribution in [1.82, 2.24) is 4.57 Å². The molecule has 0 bridgehead atoms. The molecular weight excluding hydrogens is 592 g/mol. The van der Waals surface area contributed by atoms with Crippen molar-refractivity contribution >= 4 is 43.7 Å². The molecule has 0 saturated carbocycles. The summed E-state index contributed by atoms with van der Waals surface area (Å²) in [4.78, 5) is 46.0. The van der Waals surface area contributed by atoms with E-state index in [-0.39, 0.29) is 49.3 Å². The predicted molar refractivity (Wildman–Crippen MR) is 195 cm³/mol. The van der Waals surface area contributed by atoms with Crippen LogP contribution in [0.15, 0.2) is 43.6 Å². The number of rotatable bonds is 22. The predicted octanol–water partition coefficient (Wildman–Crippen LogP) is 6.50. The van der Waals surface area contributed by atoms with E-state index in [9.17, 15) is 14.4 Å². The molecule has 4 aromatic rings. The molecule has 0 fully saturated rings. The van der Waals surface area contributed by atoms with Crippen molar-refractivity contribution in [2.45, 2.75) is 110 Å². The maximum Gasteiger partial charge on any atom is 0.262 e. The molecule has 0 spiro atoms. The van der Waals surface area contributed by atoms with Gasteiger partial charge in [0, 0.05) is 50.3 Å². The van der Waals surface area contributed by atoms with Gasteiger partial charge in [-0.15, -0.1) is 0 Å². The van der Waals surface area contributed by atoms with Gasteiger partial charge < -0.3 is 20.9 Å². The number of hydrogen-bond acceptors (Lipinski definition) is 8. The number of nitrogen functional groups attached to an aromatic ring is 2. The lowest BCUT2D eigenvalue weighted by atomic mass is 9.96. The molecule has 4 N–H and O–H groups in total. The highest BCUT2D eigenvalue weighted by atomic mass is 16.5. The summed E-state index contributed by atoms with van der Waals surface area (Å²) in [5.41, 5.74) is 12.6. The number of anilines is 2. The number of aromatic nitrogens is 1. The number of fused-ring (bicyclic) bond motifs is 3. The van der Waals surface area contributed by atoms with Crippen LogP contribution in [0.3, 0.4) is 0 Å². The van der Waals surface area contributed by atoms with Crippen LogP contribution < -0.4 is 33.4 Å². The van der Waals surface area contributed by atoms with Crippen LogP contribution in [0.1, 0.15) is 104 Å². The van der Waals surface area contributed by atoms with Gasteiger partial charge in [-0.05, 0) is 25.7 Å². The summed E-state index contributed by atoms with van der Waals surface area (Å²) in [5.74, 6) is 0. The van der Waals surface area contributed by atoms with Gasteiger partial charge in [0.1, 0.15) is 5.49 Å². The van der Waals surface area contributed by atoms with Crippen molar-refractivity contribution in [1.29, 1.82) is 0 Å². The molecule has 47 heavy (non-hydrogen) atoms. The molecule has 1 aromatic heterocycles. The Bertz CT molecular complexity index is 1820. The van der Waals surface area contributed by atoms with Crippen molar-refractivity contribution < 1.29 is 9.47 Å². The average molecular weight is 647 g/mol. The minimum absolute atomic E-state index is 0.00450. The SMILES string of the molecule is CCCCCCCCOCCC/N=c1/c2c(N)c3c(=O)c4ccccc4c(=O)c3c(N)c2c(=O)n1CCCOCCCCCCCC. The van der Waals surface area contributed by atoms with Crippen LogP contribution in [0.2, 0.25) is 0 Å². The first-order valence-corrected chi connectivity index (χ1v) is 17.9. The van der Waals surface area contributed by atoms with Crippen LogP contribution in [0, 0.1) is 0 Å². The highest BCUT2D eigenvalue weighted by Gasteiger charge is 2.24. The second-order valence-corrected chi connectivity index (χ2v) is 12.7. The Morgan fingerprint density at radius 2 is 1.06 bits per heavy atom. The zero-order valence-corrected chi connectivity index (χ0v) is 28.5. The molecule has 0 atom stereocenters. The van der Waals surface area contributed by atoms with E-state index in [1.165, 1.54) is 57.8 Å². The third-order valence-corrected chi connectivity index (χ3v) is 9.05. The lowest BCUT2D eigenvalue weighted by Gasteiger charge is -2.08. The summed E-state index contributed by atoms with van der Waals surface area (Å²) in [5, 5.41) is 1.08. The quantitative estimate of drug-likeness (QED) is 0.0430. The fourth-order valence-electron chi connectivity index (χ4n) is 6.45. The third kappa shape index (κ3) is 8.87. The molecule has 0 aliphatic rings. The number of ether oxygens (including phenoxy) is 2. The van der Waals surface area contributed by atoms with Crippen molar-refractivity contribution in [2.24, 2.45) is 4.99 Å². The highest BCUT2D eigenvalue weighted by Crippen LogP contribution is 2.31. The van der Waals surface area contributed by atoms with Gasteiger partial charge in [0.15, 0.2) is 10.9 Å². The van der Waals surface area contributed by atoms with Crippen molar-refractivity contribution in [2.75, 3.05) is 44.4 Å². The minimum Gasteiger partial charge on any atom is -0.397 e. The van der Waals surface area contributed by atoms with E-state index >= 15 is 0 Å². The van der Waals surface area contributed by atoms with Crippen LogP contribution in [0.25, 0.3) is 32.3 Å². The Kier molecular flexibility index (Phi) is 14.4. The molecule has 3 aromatic carbocycles. The molecule has 0 aliphatic heterocycles. The second-order valence-electron chi connectivity index (χ2n) is 12.7. The fraction of sp³-hybridized carbons (Fsp3) is 0.579. The molecule has 0 radical (unpaired) electrons. The summed E-state index contributed by atoms with van der Waals surface area (Å²) >= 11 is 0.